The van der Waals surface area contributed by atoms with Crippen molar-refractivity contribution >= 4 is 0 Å². The zero-order chi connectivity index (χ0) is 23.2. The fourth-order valence-corrected chi connectivity index (χ4v) is 6.39. The van der Waals surface area contributed by atoms with E-state index in [4.69, 9.17) is 5.73 Å². The van der Waals surface area contributed by atoms with Gasteiger partial charge in [0.1, 0.15) is 0 Å². The Labute approximate surface area is 202 Å². The Hall–Kier alpha value is -1.64. The average molecular weight is 447 g/mol. The van der Waals surface area contributed by atoms with Crippen molar-refractivity contribution in [1.29, 1.82) is 0 Å². The fraction of sp³-hybridized carbons (Fsp3) is 0.613. The Balaban J connectivity index is 1.36. The molecule has 0 aromatic heterocycles. The van der Waals surface area contributed by atoms with E-state index in [2.05, 4.69) is 68.6 Å². The lowest BCUT2D eigenvalue weighted by molar-refractivity contribution is 0.277. The third-order valence-corrected chi connectivity index (χ3v) is 8.67. The number of rotatable bonds is 8. The molecule has 0 amide bonds. The van der Waals surface area contributed by atoms with E-state index in [1.165, 1.54) is 80.0 Å². The molecule has 0 spiro atoms. The first kappa shape index (κ1) is 24.5. The smallest absolute Gasteiger partial charge is 0.00674 e. The minimum absolute atomic E-state index is 0.395. The third kappa shape index (κ3) is 6.08. The van der Waals surface area contributed by atoms with Crippen LogP contribution in [0.3, 0.4) is 0 Å². The van der Waals surface area contributed by atoms with Crippen LogP contribution in [-0.2, 0) is 0 Å². The highest BCUT2D eigenvalue weighted by molar-refractivity contribution is 5.68. The second kappa shape index (κ2) is 11.7. The number of aryl methyl sites for hydroxylation is 1. The maximum Gasteiger partial charge on any atom is 0.00674 e. The van der Waals surface area contributed by atoms with Gasteiger partial charge in [0.05, 0.1) is 0 Å². The summed E-state index contributed by atoms with van der Waals surface area (Å²) in [6, 6.07) is 17.8. The molecular weight excluding hydrogens is 400 g/mol. The summed E-state index contributed by atoms with van der Waals surface area (Å²) in [5.41, 5.74) is 13.5. The second-order valence-electron chi connectivity index (χ2n) is 10.9. The Morgan fingerprint density at radius 3 is 2.03 bits per heavy atom. The molecule has 2 fully saturated rings. The quantitative estimate of drug-likeness (QED) is 0.436. The normalized spacial score (nSPS) is 26.8. The standard InChI is InChI=1S/C31H46N2/c1-4-20-33-29-17-14-25(15-18-29)28-16-19-30(22(3)21-28)26-10-6-23(7-11-26)24-8-12-27(13-9-24)31(32)5-2/h6-7,10-11,16,19,21,24-25,27,29,31,33H,4-5,8-9,12-15,17-18,20,32H2,1-3H3. The van der Waals surface area contributed by atoms with Gasteiger partial charge in [-0.2, -0.15) is 0 Å². The summed E-state index contributed by atoms with van der Waals surface area (Å²) in [6.45, 7) is 7.93. The highest BCUT2D eigenvalue weighted by Crippen LogP contribution is 2.39. The minimum atomic E-state index is 0.395. The molecule has 2 aliphatic carbocycles. The Bertz CT molecular complexity index is 855. The molecule has 2 nitrogen and oxygen atoms in total. The zero-order valence-corrected chi connectivity index (χ0v) is 21.3. The molecule has 0 radical (unpaired) electrons. The molecule has 2 aliphatic rings. The van der Waals surface area contributed by atoms with Gasteiger partial charge in [-0.25, -0.2) is 0 Å². The SMILES string of the molecule is CCCNC1CCC(c2ccc(-c3ccc(C4CCC(C(N)CC)CC4)cc3)c(C)c2)CC1. The van der Waals surface area contributed by atoms with Crippen LogP contribution >= 0.6 is 0 Å². The van der Waals surface area contributed by atoms with E-state index in [-0.39, 0.29) is 0 Å². The summed E-state index contributed by atoms with van der Waals surface area (Å²) >= 11 is 0. The van der Waals surface area contributed by atoms with Crippen LogP contribution in [0.4, 0.5) is 0 Å². The van der Waals surface area contributed by atoms with Gasteiger partial charge >= 0.3 is 0 Å². The molecule has 1 atom stereocenters. The lowest BCUT2D eigenvalue weighted by Crippen LogP contribution is -2.33. The van der Waals surface area contributed by atoms with Gasteiger partial charge in [-0.15, -0.1) is 0 Å². The molecule has 2 aromatic carbocycles. The topological polar surface area (TPSA) is 38.0 Å². The monoisotopic (exact) mass is 446 g/mol. The van der Waals surface area contributed by atoms with E-state index in [0.717, 1.165) is 30.8 Å². The van der Waals surface area contributed by atoms with Crippen molar-refractivity contribution in [3.8, 4) is 11.1 Å². The van der Waals surface area contributed by atoms with Gasteiger partial charge in [0.15, 0.2) is 0 Å². The molecule has 2 aromatic rings. The Morgan fingerprint density at radius 2 is 1.42 bits per heavy atom. The van der Waals surface area contributed by atoms with Crippen LogP contribution in [0.15, 0.2) is 42.5 Å². The molecule has 0 heterocycles. The predicted octanol–water partition coefficient (Wildman–Crippen LogP) is 7.70. The summed E-state index contributed by atoms with van der Waals surface area (Å²) in [5.74, 6) is 2.18. The van der Waals surface area contributed by atoms with E-state index < -0.39 is 0 Å². The maximum absolute atomic E-state index is 6.31. The van der Waals surface area contributed by atoms with Crippen molar-refractivity contribution in [2.24, 2.45) is 11.7 Å². The number of hydrogen-bond donors (Lipinski definition) is 2. The van der Waals surface area contributed by atoms with Crippen LogP contribution < -0.4 is 11.1 Å². The highest BCUT2D eigenvalue weighted by atomic mass is 14.9. The van der Waals surface area contributed by atoms with Crippen LogP contribution in [0.5, 0.6) is 0 Å². The van der Waals surface area contributed by atoms with Crippen molar-refractivity contribution in [2.45, 2.75) is 109 Å². The van der Waals surface area contributed by atoms with E-state index >= 15 is 0 Å². The van der Waals surface area contributed by atoms with Gasteiger partial charge < -0.3 is 11.1 Å². The van der Waals surface area contributed by atoms with Crippen molar-refractivity contribution in [3.05, 3.63) is 59.2 Å². The van der Waals surface area contributed by atoms with Gasteiger partial charge in [-0.05, 0) is 123 Å². The molecular formula is C31H46N2. The van der Waals surface area contributed by atoms with Crippen molar-refractivity contribution < 1.29 is 0 Å². The van der Waals surface area contributed by atoms with Crippen molar-refractivity contribution in [2.75, 3.05) is 6.54 Å². The Kier molecular flexibility index (Phi) is 8.66. The molecule has 0 saturated heterocycles. The van der Waals surface area contributed by atoms with Gasteiger partial charge in [-0.1, -0.05) is 56.3 Å². The lowest BCUT2D eigenvalue weighted by Gasteiger charge is -2.32. The van der Waals surface area contributed by atoms with E-state index in [9.17, 15) is 0 Å². The van der Waals surface area contributed by atoms with Gasteiger partial charge in [-0.3, -0.25) is 0 Å². The lowest BCUT2D eigenvalue weighted by atomic mass is 9.75. The summed E-state index contributed by atoms with van der Waals surface area (Å²) in [5, 5.41) is 3.72. The molecule has 0 aliphatic heterocycles. The first-order valence-corrected chi connectivity index (χ1v) is 13.8. The molecule has 2 heteroatoms. The van der Waals surface area contributed by atoms with Crippen molar-refractivity contribution in [3.63, 3.8) is 0 Å². The molecule has 1 unspecified atom stereocenters. The largest absolute Gasteiger partial charge is 0.327 e. The number of nitrogens with two attached hydrogens (primary N) is 1. The van der Waals surface area contributed by atoms with Crippen molar-refractivity contribution in [1.82, 2.24) is 5.32 Å². The van der Waals surface area contributed by atoms with Gasteiger partial charge in [0.2, 0.25) is 0 Å². The molecule has 180 valence electrons. The molecule has 2 saturated carbocycles. The number of benzene rings is 2. The molecule has 33 heavy (non-hydrogen) atoms. The second-order valence-corrected chi connectivity index (χ2v) is 10.9. The van der Waals surface area contributed by atoms with Gasteiger partial charge in [0.25, 0.3) is 0 Å². The summed E-state index contributed by atoms with van der Waals surface area (Å²) in [4.78, 5) is 0. The van der Waals surface area contributed by atoms with Crippen LogP contribution in [0.1, 0.15) is 107 Å². The fourth-order valence-electron chi connectivity index (χ4n) is 6.39. The summed E-state index contributed by atoms with van der Waals surface area (Å²) in [7, 11) is 0. The minimum Gasteiger partial charge on any atom is -0.327 e. The molecule has 4 rings (SSSR count). The Morgan fingerprint density at radius 1 is 0.818 bits per heavy atom. The average Bonchev–Trinajstić information content (AvgIpc) is 2.87. The highest BCUT2D eigenvalue weighted by Gasteiger charge is 2.26. The van der Waals surface area contributed by atoms with Crippen LogP contribution in [-0.4, -0.2) is 18.6 Å². The number of hydrogen-bond acceptors (Lipinski definition) is 2. The van der Waals surface area contributed by atoms with E-state index in [1.807, 2.05) is 0 Å². The first-order valence-electron chi connectivity index (χ1n) is 13.8. The van der Waals surface area contributed by atoms with Crippen LogP contribution in [0.25, 0.3) is 11.1 Å². The summed E-state index contributed by atoms with van der Waals surface area (Å²) in [6.07, 6.45) is 12.8. The molecule has 0 bridgehead atoms. The van der Waals surface area contributed by atoms with Crippen LogP contribution in [0.2, 0.25) is 0 Å². The first-order chi connectivity index (χ1) is 16.1. The number of nitrogens with one attached hydrogen (secondary N) is 1. The molecule has 3 N–H and O–H groups in total. The van der Waals surface area contributed by atoms with Crippen LogP contribution in [0, 0.1) is 12.8 Å². The third-order valence-electron chi connectivity index (χ3n) is 8.67. The summed E-state index contributed by atoms with van der Waals surface area (Å²) < 4.78 is 0. The predicted molar refractivity (Wildman–Crippen MR) is 143 cm³/mol. The van der Waals surface area contributed by atoms with E-state index in [0.29, 0.717) is 12.0 Å². The zero-order valence-electron chi connectivity index (χ0n) is 21.3. The van der Waals surface area contributed by atoms with Gasteiger partial charge in [0, 0.05) is 12.1 Å². The van der Waals surface area contributed by atoms with E-state index in [1.54, 1.807) is 5.56 Å². The maximum atomic E-state index is 6.31.